The Morgan fingerprint density at radius 1 is 0.833 bits per heavy atom. The highest BCUT2D eigenvalue weighted by atomic mass is 16.5. The van der Waals surface area contributed by atoms with Gasteiger partial charge in [0.25, 0.3) is 5.91 Å². The number of ether oxygens (including phenoxy) is 1. The van der Waals surface area contributed by atoms with Crippen LogP contribution in [0.1, 0.15) is 25.0 Å². The lowest BCUT2D eigenvalue weighted by atomic mass is 10.1. The third-order valence-corrected chi connectivity index (χ3v) is 5.21. The van der Waals surface area contributed by atoms with Gasteiger partial charge in [0.15, 0.2) is 6.61 Å². The normalized spacial score (nSPS) is 10.8. The Kier molecular flexibility index (Phi) is 8.04. The van der Waals surface area contributed by atoms with E-state index in [0.29, 0.717) is 12.3 Å². The van der Waals surface area contributed by atoms with E-state index in [2.05, 4.69) is 36.2 Å². The highest BCUT2D eigenvalue weighted by Gasteiger charge is 2.10. The number of carbonyl (C=O) groups is 1. The maximum atomic E-state index is 12.4. The van der Waals surface area contributed by atoms with Crippen molar-refractivity contribution in [2.45, 2.75) is 26.9 Å². The van der Waals surface area contributed by atoms with E-state index in [0.717, 1.165) is 36.3 Å². The molecule has 3 aromatic carbocycles. The molecule has 30 heavy (non-hydrogen) atoms. The molecule has 3 aromatic rings. The van der Waals surface area contributed by atoms with E-state index < -0.39 is 0 Å². The fourth-order valence-electron chi connectivity index (χ4n) is 3.41. The highest BCUT2D eigenvalue weighted by Crippen LogP contribution is 2.29. The zero-order chi connectivity index (χ0) is 21.2. The van der Waals surface area contributed by atoms with Crippen LogP contribution in [0.3, 0.4) is 0 Å². The fourth-order valence-corrected chi connectivity index (χ4v) is 3.41. The van der Waals surface area contributed by atoms with Crippen molar-refractivity contribution in [3.8, 4) is 16.9 Å². The van der Waals surface area contributed by atoms with Crippen LogP contribution in [0.15, 0.2) is 78.9 Å². The number of amides is 1. The van der Waals surface area contributed by atoms with Gasteiger partial charge in [-0.2, -0.15) is 0 Å². The maximum Gasteiger partial charge on any atom is 0.258 e. The topological polar surface area (TPSA) is 41.6 Å². The first-order valence-corrected chi connectivity index (χ1v) is 10.5. The number of carbonyl (C=O) groups excluding carboxylic acids is 1. The molecule has 0 aliphatic heterocycles. The summed E-state index contributed by atoms with van der Waals surface area (Å²) in [6, 6.07) is 26.1. The van der Waals surface area contributed by atoms with Gasteiger partial charge in [0, 0.05) is 18.7 Å². The molecule has 1 N–H and O–H groups in total. The molecule has 0 heterocycles. The van der Waals surface area contributed by atoms with Crippen molar-refractivity contribution < 1.29 is 9.53 Å². The summed E-state index contributed by atoms with van der Waals surface area (Å²) in [5.74, 6) is 0.580. The number of nitrogens with one attached hydrogen (secondary N) is 1. The van der Waals surface area contributed by atoms with Gasteiger partial charge in [0.05, 0.1) is 0 Å². The summed E-state index contributed by atoms with van der Waals surface area (Å²) in [5, 5.41) is 3.00. The average molecular weight is 403 g/mol. The average Bonchev–Trinajstić information content (AvgIpc) is 2.81. The largest absolute Gasteiger partial charge is 0.483 e. The number of para-hydroxylation sites is 1. The Morgan fingerprint density at radius 2 is 1.47 bits per heavy atom. The van der Waals surface area contributed by atoms with Crippen molar-refractivity contribution in [1.29, 1.82) is 0 Å². The van der Waals surface area contributed by atoms with Crippen LogP contribution < -0.4 is 10.1 Å². The number of hydrogen-bond donors (Lipinski definition) is 1. The number of benzene rings is 3. The summed E-state index contributed by atoms with van der Waals surface area (Å²) in [6.07, 6.45) is 0. The van der Waals surface area contributed by atoms with Crippen molar-refractivity contribution in [2.24, 2.45) is 0 Å². The van der Waals surface area contributed by atoms with E-state index in [-0.39, 0.29) is 12.5 Å². The predicted octanol–water partition coefficient (Wildman–Crippen LogP) is 4.89. The smallest absolute Gasteiger partial charge is 0.258 e. The molecule has 0 atom stereocenters. The lowest BCUT2D eigenvalue weighted by Gasteiger charge is -2.20. The molecular weight excluding hydrogens is 372 g/mol. The zero-order valence-electron chi connectivity index (χ0n) is 17.8. The standard InChI is InChI=1S/C26H30N2O2/c1-3-28(4-2)19-23-15-9-8-14-22(23)18-27-26(29)20-30-25-17-11-10-16-24(25)21-12-6-5-7-13-21/h5-17H,3-4,18-20H2,1-2H3,(H,27,29). The van der Waals surface area contributed by atoms with Crippen LogP contribution in [0, 0.1) is 0 Å². The van der Waals surface area contributed by atoms with Crippen LogP contribution >= 0.6 is 0 Å². The second kappa shape index (κ2) is 11.2. The summed E-state index contributed by atoms with van der Waals surface area (Å²) >= 11 is 0. The third-order valence-electron chi connectivity index (χ3n) is 5.21. The number of nitrogens with zero attached hydrogens (tertiary/aromatic N) is 1. The number of rotatable bonds is 10. The molecule has 0 aliphatic carbocycles. The second-order valence-corrected chi connectivity index (χ2v) is 7.16. The summed E-state index contributed by atoms with van der Waals surface area (Å²) in [5.41, 5.74) is 4.44. The summed E-state index contributed by atoms with van der Waals surface area (Å²) < 4.78 is 5.85. The molecule has 3 rings (SSSR count). The van der Waals surface area contributed by atoms with Gasteiger partial charge in [0.1, 0.15) is 5.75 Å². The molecule has 156 valence electrons. The molecule has 0 bridgehead atoms. The van der Waals surface area contributed by atoms with Crippen molar-refractivity contribution in [3.05, 3.63) is 90.0 Å². The Morgan fingerprint density at radius 3 is 2.20 bits per heavy atom. The van der Waals surface area contributed by atoms with Crippen LogP contribution in [0.4, 0.5) is 0 Å². The van der Waals surface area contributed by atoms with E-state index in [1.165, 1.54) is 5.56 Å². The summed E-state index contributed by atoms with van der Waals surface area (Å²) in [4.78, 5) is 14.8. The Balaban J connectivity index is 1.58. The Bertz CT molecular complexity index is 937. The second-order valence-electron chi connectivity index (χ2n) is 7.16. The molecule has 4 nitrogen and oxygen atoms in total. The monoisotopic (exact) mass is 402 g/mol. The van der Waals surface area contributed by atoms with Gasteiger partial charge in [-0.1, -0.05) is 86.6 Å². The van der Waals surface area contributed by atoms with Crippen molar-refractivity contribution in [3.63, 3.8) is 0 Å². The molecule has 4 heteroatoms. The van der Waals surface area contributed by atoms with Crippen molar-refractivity contribution in [2.75, 3.05) is 19.7 Å². The molecule has 1 amide bonds. The van der Waals surface area contributed by atoms with E-state index >= 15 is 0 Å². The van der Waals surface area contributed by atoms with Gasteiger partial charge >= 0.3 is 0 Å². The lowest BCUT2D eigenvalue weighted by Crippen LogP contribution is -2.29. The van der Waals surface area contributed by atoms with Gasteiger partial charge < -0.3 is 10.1 Å². The van der Waals surface area contributed by atoms with E-state index in [9.17, 15) is 4.79 Å². The molecule has 0 fully saturated rings. The third kappa shape index (κ3) is 5.94. The van der Waals surface area contributed by atoms with Gasteiger partial charge in [0.2, 0.25) is 0 Å². The maximum absolute atomic E-state index is 12.4. The predicted molar refractivity (Wildman–Crippen MR) is 122 cm³/mol. The first-order chi connectivity index (χ1) is 14.7. The minimum absolute atomic E-state index is 0.0118. The first kappa shape index (κ1) is 21.6. The van der Waals surface area contributed by atoms with Gasteiger partial charge in [-0.3, -0.25) is 9.69 Å². The molecule has 0 aromatic heterocycles. The first-order valence-electron chi connectivity index (χ1n) is 10.5. The summed E-state index contributed by atoms with van der Waals surface area (Å²) in [7, 11) is 0. The van der Waals surface area contributed by atoms with Crippen LogP contribution in [0.25, 0.3) is 11.1 Å². The summed E-state index contributed by atoms with van der Waals surface area (Å²) in [6.45, 7) is 7.72. The van der Waals surface area contributed by atoms with Gasteiger partial charge in [-0.25, -0.2) is 0 Å². The fraction of sp³-hybridized carbons (Fsp3) is 0.269. The quantitative estimate of drug-likeness (QED) is 0.525. The number of hydrogen-bond acceptors (Lipinski definition) is 3. The zero-order valence-corrected chi connectivity index (χ0v) is 17.8. The Hall–Kier alpha value is -3.11. The molecule has 0 radical (unpaired) electrons. The molecule has 0 unspecified atom stereocenters. The van der Waals surface area contributed by atoms with Crippen LogP contribution in [0.5, 0.6) is 5.75 Å². The van der Waals surface area contributed by atoms with E-state index in [1.54, 1.807) is 0 Å². The molecule has 0 saturated carbocycles. The SMILES string of the molecule is CCN(CC)Cc1ccccc1CNC(=O)COc1ccccc1-c1ccccc1. The van der Waals surface area contributed by atoms with Crippen LogP contribution in [-0.2, 0) is 17.9 Å². The van der Waals surface area contributed by atoms with Crippen LogP contribution in [0.2, 0.25) is 0 Å². The van der Waals surface area contributed by atoms with Crippen LogP contribution in [-0.4, -0.2) is 30.5 Å². The molecular formula is C26H30N2O2. The Labute approximate surface area is 179 Å². The lowest BCUT2D eigenvalue weighted by molar-refractivity contribution is -0.123. The van der Waals surface area contributed by atoms with E-state index in [1.807, 2.05) is 66.7 Å². The van der Waals surface area contributed by atoms with E-state index in [4.69, 9.17) is 4.74 Å². The molecule has 0 aliphatic rings. The van der Waals surface area contributed by atoms with Gasteiger partial charge in [-0.15, -0.1) is 0 Å². The van der Waals surface area contributed by atoms with Crippen molar-refractivity contribution >= 4 is 5.91 Å². The minimum Gasteiger partial charge on any atom is -0.483 e. The molecule has 0 saturated heterocycles. The highest BCUT2D eigenvalue weighted by molar-refractivity contribution is 5.78. The molecule has 0 spiro atoms. The van der Waals surface area contributed by atoms with Gasteiger partial charge in [-0.05, 0) is 35.8 Å². The van der Waals surface area contributed by atoms with Crippen molar-refractivity contribution in [1.82, 2.24) is 10.2 Å². The minimum atomic E-state index is -0.129.